The molecule has 0 unspecified atom stereocenters. The van der Waals surface area contributed by atoms with Gasteiger partial charge in [0.25, 0.3) is 0 Å². The van der Waals surface area contributed by atoms with Crippen LogP contribution in [0, 0.1) is 0 Å². The van der Waals surface area contributed by atoms with E-state index in [9.17, 15) is 0 Å². The molecule has 0 bridgehead atoms. The summed E-state index contributed by atoms with van der Waals surface area (Å²) in [5.74, 6) is 0. The van der Waals surface area contributed by atoms with E-state index in [-0.39, 0.29) is 0 Å². The summed E-state index contributed by atoms with van der Waals surface area (Å²) in [6.45, 7) is 6.69. The molecule has 3 nitrogen and oxygen atoms in total. The maximum Gasteiger partial charge on any atom is 0.0945 e. The third kappa shape index (κ3) is 4.48. The second-order valence-corrected chi connectivity index (χ2v) is 3.00. The number of aryl methyl sites for hydroxylation is 1. The van der Waals surface area contributed by atoms with Crippen LogP contribution in [0.15, 0.2) is 31.4 Å². The first-order valence-electron chi connectivity index (χ1n) is 4.71. The first kappa shape index (κ1) is 9.99. The number of nitrogens with one attached hydrogen (secondary N) is 1. The van der Waals surface area contributed by atoms with Crippen LogP contribution in [0.3, 0.4) is 0 Å². The van der Waals surface area contributed by atoms with Crippen LogP contribution in [0.1, 0.15) is 12.8 Å². The van der Waals surface area contributed by atoms with Gasteiger partial charge in [0.15, 0.2) is 0 Å². The van der Waals surface area contributed by atoms with E-state index in [1.807, 2.05) is 24.8 Å². The van der Waals surface area contributed by atoms with E-state index in [2.05, 4.69) is 21.4 Å². The first-order valence-corrected chi connectivity index (χ1v) is 4.71. The predicted molar refractivity (Wildman–Crippen MR) is 54.5 cm³/mol. The summed E-state index contributed by atoms with van der Waals surface area (Å²) >= 11 is 0. The average Bonchev–Trinajstić information content (AvgIpc) is 2.63. The fourth-order valence-corrected chi connectivity index (χ4v) is 1.17. The van der Waals surface area contributed by atoms with Crippen molar-refractivity contribution in [3.05, 3.63) is 31.4 Å². The minimum atomic E-state index is 0.908. The Kier molecular flexibility index (Phi) is 4.94. The number of rotatable bonds is 7. The van der Waals surface area contributed by atoms with E-state index >= 15 is 0 Å². The second kappa shape index (κ2) is 6.43. The van der Waals surface area contributed by atoms with Gasteiger partial charge in [0, 0.05) is 25.5 Å². The zero-order valence-corrected chi connectivity index (χ0v) is 7.95. The summed E-state index contributed by atoms with van der Waals surface area (Å²) < 4.78 is 2.10. The molecule has 1 rings (SSSR count). The fourth-order valence-electron chi connectivity index (χ4n) is 1.17. The number of aromatic nitrogens is 2. The predicted octanol–water partition coefficient (Wildman–Crippen LogP) is 1.44. The van der Waals surface area contributed by atoms with E-state index < -0.39 is 0 Å². The summed E-state index contributed by atoms with van der Waals surface area (Å²) in [4.78, 5) is 3.98. The smallest absolute Gasteiger partial charge is 0.0945 e. The Morgan fingerprint density at radius 3 is 3.08 bits per heavy atom. The van der Waals surface area contributed by atoms with Crippen LogP contribution in [0.5, 0.6) is 0 Å². The normalized spacial score (nSPS) is 10.2. The van der Waals surface area contributed by atoms with Gasteiger partial charge in [0.05, 0.1) is 6.33 Å². The molecule has 0 aliphatic heterocycles. The molecular weight excluding hydrogens is 162 g/mol. The van der Waals surface area contributed by atoms with Crippen LogP contribution >= 0.6 is 0 Å². The molecule has 0 aliphatic carbocycles. The van der Waals surface area contributed by atoms with Crippen molar-refractivity contribution in [2.24, 2.45) is 0 Å². The molecule has 3 heteroatoms. The lowest BCUT2D eigenvalue weighted by atomic mass is 10.3. The Hall–Kier alpha value is -1.09. The summed E-state index contributed by atoms with van der Waals surface area (Å²) in [5, 5.41) is 3.27. The molecule has 0 amide bonds. The molecule has 0 saturated carbocycles. The number of imidazole rings is 1. The van der Waals surface area contributed by atoms with Crippen LogP contribution in [-0.4, -0.2) is 22.6 Å². The number of nitrogens with zero attached hydrogens (tertiary/aromatic N) is 2. The molecule has 13 heavy (non-hydrogen) atoms. The van der Waals surface area contributed by atoms with Crippen molar-refractivity contribution >= 4 is 0 Å². The lowest BCUT2D eigenvalue weighted by Gasteiger charge is -2.02. The second-order valence-electron chi connectivity index (χ2n) is 3.00. The lowest BCUT2D eigenvalue weighted by molar-refractivity contribution is 0.582. The molecule has 1 aromatic heterocycles. The van der Waals surface area contributed by atoms with Gasteiger partial charge in [-0.05, 0) is 19.4 Å². The third-order valence-corrected chi connectivity index (χ3v) is 1.87. The molecule has 0 fully saturated rings. The van der Waals surface area contributed by atoms with E-state index in [0.29, 0.717) is 0 Å². The van der Waals surface area contributed by atoms with Crippen molar-refractivity contribution in [3.63, 3.8) is 0 Å². The van der Waals surface area contributed by atoms with E-state index in [0.717, 1.165) is 19.6 Å². The lowest BCUT2D eigenvalue weighted by Crippen LogP contribution is -2.15. The van der Waals surface area contributed by atoms with Gasteiger partial charge in [0.1, 0.15) is 0 Å². The van der Waals surface area contributed by atoms with Crippen molar-refractivity contribution in [3.8, 4) is 0 Å². The standard InChI is InChI=1S/C10H17N3/c1-2-5-11-6-3-4-8-13-9-7-12-10-13/h2,7,9-11H,1,3-6,8H2. The largest absolute Gasteiger partial charge is 0.337 e. The Bertz CT molecular complexity index is 216. The molecule has 0 aliphatic rings. The minimum absolute atomic E-state index is 0.908. The molecule has 1 heterocycles. The fraction of sp³-hybridized carbons (Fsp3) is 0.500. The Labute approximate surface area is 79.5 Å². The molecule has 1 aromatic rings. The number of unbranched alkanes of at least 4 members (excludes halogenated alkanes) is 1. The Morgan fingerprint density at radius 1 is 1.46 bits per heavy atom. The monoisotopic (exact) mass is 179 g/mol. The van der Waals surface area contributed by atoms with Crippen molar-refractivity contribution in [2.45, 2.75) is 19.4 Å². The van der Waals surface area contributed by atoms with E-state index in [4.69, 9.17) is 0 Å². The quantitative estimate of drug-likeness (QED) is 0.507. The topological polar surface area (TPSA) is 29.9 Å². The van der Waals surface area contributed by atoms with E-state index in [1.165, 1.54) is 12.8 Å². The summed E-state index contributed by atoms with van der Waals surface area (Å²) in [7, 11) is 0. The third-order valence-electron chi connectivity index (χ3n) is 1.87. The highest BCUT2D eigenvalue weighted by Crippen LogP contribution is 1.93. The van der Waals surface area contributed by atoms with E-state index in [1.54, 1.807) is 0 Å². The maximum absolute atomic E-state index is 3.98. The maximum atomic E-state index is 3.98. The SMILES string of the molecule is C=CCNCCCCn1ccnc1. The average molecular weight is 179 g/mol. The van der Waals surface area contributed by atoms with Gasteiger partial charge in [-0.2, -0.15) is 0 Å². The van der Waals surface area contributed by atoms with Crippen LogP contribution in [-0.2, 0) is 6.54 Å². The molecule has 1 N–H and O–H groups in total. The Morgan fingerprint density at radius 2 is 2.38 bits per heavy atom. The number of hydrogen-bond donors (Lipinski definition) is 1. The molecule has 0 aromatic carbocycles. The first-order chi connectivity index (χ1) is 6.43. The minimum Gasteiger partial charge on any atom is -0.337 e. The van der Waals surface area contributed by atoms with Crippen molar-refractivity contribution < 1.29 is 0 Å². The highest BCUT2D eigenvalue weighted by molar-refractivity contribution is 4.74. The highest BCUT2D eigenvalue weighted by Gasteiger charge is 1.89. The van der Waals surface area contributed by atoms with Crippen LogP contribution in [0.2, 0.25) is 0 Å². The van der Waals surface area contributed by atoms with Crippen molar-refractivity contribution in [1.82, 2.24) is 14.9 Å². The molecular formula is C10H17N3. The van der Waals surface area contributed by atoms with Gasteiger partial charge in [-0.15, -0.1) is 6.58 Å². The van der Waals surface area contributed by atoms with Gasteiger partial charge < -0.3 is 9.88 Å². The van der Waals surface area contributed by atoms with Gasteiger partial charge in [-0.1, -0.05) is 6.08 Å². The zero-order chi connectivity index (χ0) is 9.36. The molecule has 0 atom stereocenters. The van der Waals surface area contributed by atoms with Crippen LogP contribution in [0.4, 0.5) is 0 Å². The van der Waals surface area contributed by atoms with Gasteiger partial charge >= 0.3 is 0 Å². The van der Waals surface area contributed by atoms with Crippen molar-refractivity contribution in [1.29, 1.82) is 0 Å². The number of hydrogen-bond acceptors (Lipinski definition) is 2. The highest BCUT2D eigenvalue weighted by atomic mass is 15.0. The van der Waals surface area contributed by atoms with Crippen molar-refractivity contribution in [2.75, 3.05) is 13.1 Å². The van der Waals surface area contributed by atoms with Gasteiger partial charge in [-0.3, -0.25) is 0 Å². The molecule has 0 spiro atoms. The molecule has 72 valence electrons. The van der Waals surface area contributed by atoms with Gasteiger partial charge in [0.2, 0.25) is 0 Å². The van der Waals surface area contributed by atoms with Crippen LogP contribution < -0.4 is 5.32 Å². The summed E-state index contributed by atoms with van der Waals surface area (Å²) in [5.41, 5.74) is 0. The summed E-state index contributed by atoms with van der Waals surface area (Å²) in [6.07, 6.45) is 9.95. The summed E-state index contributed by atoms with van der Waals surface area (Å²) in [6, 6.07) is 0. The molecule has 0 saturated heterocycles. The zero-order valence-electron chi connectivity index (χ0n) is 7.95. The Balaban J connectivity index is 1.93. The molecule has 0 radical (unpaired) electrons. The van der Waals surface area contributed by atoms with Gasteiger partial charge in [-0.25, -0.2) is 4.98 Å². The van der Waals surface area contributed by atoms with Crippen LogP contribution in [0.25, 0.3) is 0 Å².